The summed E-state index contributed by atoms with van der Waals surface area (Å²) in [5.41, 5.74) is -1.95. The van der Waals surface area contributed by atoms with Gasteiger partial charge in [0.2, 0.25) is 5.91 Å². The van der Waals surface area contributed by atoms with Gasteiger partial charge in [0.05, 0.1) is 0 Å². The maximum Gasteiger partial charge on any atom is 0.230 e. The minimum atomic E-state index is -1.59. The standard InChI is InChI=1S/C23H29NO3/c1-3-22(26,19-14-7-5-8-15-19)24(21(25)18-12-11-13-18)23(27,4-2)20-16-9-6-10-17-20/h5-10,14-18,26-27H,3-4,11-13H2,1-2H3. The zero-order chi connectivity index (χ0) is 19.5. The van der Waals surface area contributed by atoms with Gasteiger partial charge < -0.3 is 10.2 Å². The number of aliphatic hydroxyl groups is 2. The molecule has 4 nitrogen and oxygen atoms in total. The SMILES string of the molecule is CCC(O)(c1ccccc1)N(C(=O)C1CCC1)C(O)(CC)c1ccccc1. The molecule has 0 spiro atoms. The third-order valence-corrected chi connectivity index (χ3v) is 5.87. The Morgan fingerprint density at radius 1 is 0.889 bits per heavy atom. The molecular weight excluding hydrogens is 338 g/mol. The maximum absolute atomic E-state index is 13.5. The highest BCUT2D eigenvalue weighted by Gasteiger charge is 2.51. The molecule has 1 aliphatic rings. The van der Waals surface area contributed by atoms with Crippen molar-refractivity contribution in [3.05, 3.63) is 71.8 Å². The van der Waals surface area contributed by atoms with Crippen molar-refractivity contribution in [1.29, 1.82) is 0 Å². The summed E-state index contributed by atoms with van der Waals surface area (Å²) in [5.74, 6) is -0.323. The third kappa shape index (κ3) is 3.40. The Kier molecular flexibility index (Phi) is 5.68. The molecule has 0 bridgehead atoms. The van der Waals surface area contributed by atoms with Crippen LogP contribution in [0.1, 0.15) is 57.1 Å². The largest absolute Gasteiger partial charge is 0.367 e. The van der Waals surface area contributed by atoms with Gasteiger partial charge in [-0.2, -0.15) is 0 Å². The van der Waals surface area contributed by atoms with Gasteiger partial charge in [-0.05, 0) is 25.7 Å². The lowest BCUT2D eigenvalue weighted by Crippen LogP contribution is -2.61. The van der Waals surface area contributed by atoms with E-state index in [2.05, 4.69) is 0 Å². The van der Waals surface area contributed by atoms with Crippen molar-refractivity contribution in [2.24, 2.45) is 5.92 Å². The molecule has 1 saturated carbocycles. The molecule has 2 unspecified atom stereocenters. The van der Waals surface area contributed by atoms with E-state index in [1.54, 1.807) is 0 Å². The molecule has 27 heavy (non-hydrogen) atoms. The Morgan fingerprint density at radius 3 is 1.59 bits per heavy atom. The third-order valence-electron chi connectivity index (χ3n) is 5.87. The summed E-state index contributed by atoms with van der Waals surface area (Å²) in [6, 6.07) is 18.4. The van der Waals surface area contributed by atoms with E-state index in [1.807, 2.05) is 74.5 Å². The van der Waals surface area contributed by atoms with Gasteiger partial charge in [-0.1, -0.05) is 80.9 Å². The summed E-state index contributed by atoms with van der Waals surface area (Å²) >= 11 is 0. The Bertz CT molecular complexity index is 706. The first-order chi connectivity index (χ1) is 13.0. The van der Waals surface area contributed by atoms with Crippen LogP contribution in [-0.4, -0.2) is 21.0 Å². The van der Waals surface area contributed by atoms with E-state index >= 15 is 0 Å². The summed E-state index contributed by atoms with van der Waals surface area (Å²) < 4.78 is 0. The monoisotopic (exact) mass is 367 g/mol. The highest BCUT2D eigenvalue weighted by molar-refractivity contribution is 5.81. The van der Waals surface area contributed by atoms with E-state index in [1.165, 1.54) is 4.90 Å². The fourth-order valence-corrected chi connectivity index (χ4v) is 3.90. The first-order valence-electron chi connectivity index (χ1n) is 9.87. The van der Waals surface area contributed by atoms with Gasteiger partial charge in [-0.25, -0.2) is 0 Å². The van der Waals surface area contributed by atoms with E-state index in [-0.39, 0.29) is 24.7 Å². The Hall–Kier alpha value is -2.17. The minimum Gasteiger partial charge on any atom is -0.367 e. The summed E-state index contributed by atoms with van der Waals surface area (Å²) in [7, 11) is 0. The Labute approximate surface area is 161 Å². The highest BCUT2D eigenvalue weighted by Crippen LogP contribution is 2.44. The smallest absolute Gasteiger partial charge is 0.230 e. The molecule has 2 atom stereocenters. The van der Waals surface area contributed by atoms with Crippen LogP contribution in [0.25, 0.3) is 0 Å². The number of carbonyl (C=O) groups is 1. The molecule has 4 heteroatoms. The van der Waals surface area contributed by atoms with Crippen molar-refractivity contribution in [3.8, 4) is 0 Å². The quantitative estimate of drug-likeness (QED) is 0.724. The second kappa shape index (κ2) is 7.83. The van der Waals surface area contributed by atoms with E-state index < -0.39 is 11.4 Å². The van der Waals surface area contributed by atoms with Gasteiger partial charge in [0.1, 0.15) is 0 Å². The van der Waals surface area contributed by atoms with Crippen LogP contribution in [-0.2, 0) is 16.2 Å². The van der Waals surface area contributed by atoms with Crippen LogP contribution in [0.15, 0.2) is 60.7 Å². The first kappa shape index (κ1) is 19.6. The number of amides is 1. The second-order valence-corrected chi connectivity index (χ2v) is 7.37. The number of nitrogens with zero attached hydrogens (tertiary/aromatic N) is 1. The first-order valence-corrected chi connectivity index (χ1v) is 9.87. The maximum atomic E-state index is 13.5. The van der Waals surface area contributed by atoms with Gasteiger partial charge in [-0.3, -0.25) is 9.69 Å². The summed E-state index contributed by atoms with van der Waals surface area (Å²) in [6.07, 6.45) is 3.18. The molecule has 0 aliphatic heterocycles. The molecule has 144 valence electrons. The van der Waals surface area contributed by atoms with Crippen LogP contribution in [0.2, 0.25) is 0 Å². The average Bonchev–Trinajstić information content (AvgIpc) is 2.67. The van der Waals surface area contributed by atoms with Crippen LogP contribution in [0.5, 0.6) is 0 Å². The molecule has 0 radical (unpaired) electrons. The zero-order valence-corrected chi connectivity index (χ0v) is 16.1. The van der Waals surface area contributed by atoms with Crippen LogP contribution in [0.4, 0.5) is 0 Å². The second-order valence-electron chi connectivity index (χ2n) is 7.37. The van der Waals surface area contributed by atoms with Gasteiger partial charge in [0, 0.05) is 17.0 Å². The molecule has 0 heterocycles. The Balaban J connectivity index is 2.17. The lowest BCUT2D eigenvalue weighted by atomic mass is 9.81. The molecule has 0 saturated heterocycles. The van der Waals surface area contributed by atoms with Crippen molar-refractivity contribution in [2.75, 3.05) is 0 Å². The predicted octanol–water partition coefficient (Wildman–Crippen LogP) is 4.13. The summed E-state index contributed by atoms with van der Waals surface area (Å²) in [4.78, 5) is 14.8. The normalized spacial score (nSPS) is 18.8. The van der Waals surface area contributed by atoms with E-state index in [0.717, 1.165) is 19.3 Å². The zero-order valence-electron chi connectivity index (χ0n) is 16.1. The molecule has 0 aromatic heterocycles. The molecule has 3 rings (SSSR count). The van der Waals surface area contributed by atoms with Gasteiger partial charge in [0.15, 0.2) is 11.4 Å². The van der Waals surface area contributed by atoms with Crippen molar-refractivity contribution >= 4 is 5.91 Å². The van der Waals surface area contributed by atoms with E-state index in [9.17, 15) is 15.0 Å². The van der Waals surface area contributed by atoms with Crippen molar-refractivity contribution in [2.45, 2.75) is 57.4 Å². The van der Waals surface area contributed by atoms with Crippen molar-refractivity contribution in [3.63, 3.8) is 0 Å². The van der Waals surface area contributed by atoms with Crippen LogP contribution < -0.4 is 0 Å². The molecule has 2 aromatic carbocycles. The molecule has 2 aromatic rings. The van der Waals surface area contributed by atoms with E-state index in [4.69, 9.17) is 0 Å². The minimum absolute atomic E-state index is 0.145. The number of rotatable bonds is 7. The molecule has 1 aliphatic carbocycles. The van der Waals surface area contributed by atoms with Crippen molar-refractivity contribution in [1.82, 2.24) is 4.90 Å². The molecule has 1 amide bonds. The van der Waals surface area contributed by atoms with Crippen molar-refractivity contribution < 1.29 is 15.0 Å². The fraction of sp³-hybridized carbons (Fsp3) is 0.435. The average molecular weight is 367 g/mol. The lowest BCUT2D eigenvalue weighted by Gasteiger charge is -2.51. The van der Waals surface area contributed by atoms with Gasteiger partial charge in [0.25, 0.3) is 0 Å². The number of hydrogen-bond acceptors (Lipinski definition) is 3. The van der Waals surface area contributed by atoms with Crippen LogP contribution >= 0.6 is 0 Å². The number of benzene rings is 2. The summed E-state index contributed by atoms with van der Waals surface area (Å²) in [6.45, 7) is 3.68. The molecule has 1 fully saturated rings. The highest BCUT2D eigenvalue weighted by atomic mass is 16.4. The van der Waals surface area contributed by atoms with Gasteiger partial charge >= 0.3 is 0 Å². The Morgan fingerprint density at radius 2 is 1.30 bits per heavy atom. The molecular formula is C23H29NO3. The predicted molar refractivity (Wildman–Crippen MR) is 105 cm³/mol. The number of hydrogen-bond donors (Lipinski definition) is 2. The van der Waals surface area contributed by atoms with Gasteiger partial charge in [-0.15, -0.1) is 0 Å². The lowest BCUT2D eigenvalue weighted by molar-refractivity contribution is -0.245. The van der Waals surface area contributed by atoms with Crippen LogP contribution in [0.3, 0.4) is 0 Å². The van der Waals surface area contributed by atoms with E-state index in [0.29, 0.717) is 11.1 Å². The number of carbonyl (C=O) groups excluding carboxylic acids is 1. The van der Waals surface area contributed by atoms with Crippen LogP contribution in [0, 0.1) is 5.92 Å². The molecule has 2 N–H and O–H groups in total. The summed E-state index contributed by atoms with van der Waals surface area (Å²) in [5, 5.41) is 23.5. The topological polar surface area (TPSA) is 60.8 Å². The fourth-order valence-electron chi connectivity index (χ4n) is 3.90.